The van der Waals surface area contributed by atoms with Crippen molar-refractivity contribution >= 4 is 5.78 Å². The van der Waals surface area contributed by atoms with Crippen LogP contribution in [0.3, 0.4) is 0 Å². The maximum Gasteiger partial charge on any atom is 0.169 e. The molecular formula is C15H23NO2. The Bertz CT molecular complexity index is 387. The van der Waals surface area contributed by atoms with Crippen LogP contribution < -0.4 is 0 Å². The van der Waals surface area contributed by atoms with Gasteiger partial charge in [0.25, 0.3) is 0 Å². The van der Waals surface area contributed by atoms with E-state index >= 15 is 0 Å². The molecule has 0 spiro atoms. The number of Topliss-reactive ketones (excluding diaryl/α,β-unsaturated/α-hetero) is 1. The third-order valence-electron chi connectivity index (χ3n) is 3.31. The summed E-state index contributed by atoms with van der Waals surface area (Å²) in [5, 5.41) is 9.13. The van der Waals surface area contributed by atoms with Gasteiger partial charge in [0, 0.05) is 23.6 Å². The highest BCUT2D eigenvalue weighted by Gasteiger charge is 2.30. The second kappa shape index (κ2) is 6.12. The minimum absolute atomic E-state index is 0.0628. The van der Waals surface area contributed by atoms with Gasteiger partial charge in [-0.25, -0.2) is 0 Å². The van der Waals surface area contributed by atoms with E-state index in [1.807, 2.05) is 63.1 Å². The highest BCUT2D eigenvalue weighted by atomic mass is 16.3. The highest BCUT2D eigenvalue weighted by molar-refractivity contribution is 6.00. The van der Waals surface area contributed by atoms with Crippen LogP contribution >= 0.6 is 0 Å². The number of carbonyl (C=O) groups is 1. The summed E-state index contributed by atoms with van der Waals surface area (Å²) in [6, 6.07) is 9.42. The van der Waals surface area contributed by atoms with Crippen molar-refractivity contribution in [3.8, 4) is 0 Å². The van der Waals surface area contributed by atoms with Crippen LogP contribution in [0.25, 0.3) is 0 Å². The molecule has 1 aromatic rings. The van der Waals surface area contributed by atoms with Crippen molar-refractivity contribution in [3.63, 3.8) is 0 Å². The normalized spacial score (nSPS) is 13.7. The van der Waals surface area contributed by atoms with Crippen LogP contribution in [0.4, 0.5) is 0 Å². The Morgan fingerprint density at radius 3 is 2.39 bits per heavy atom. The first kappa shape index (κ1) is 14.9. The maximum absolute atomic E-state index is 12.4. The zero-order chi connectivity index (χ0) is 13.8. The first-order valence-electron chi connectivity index (χ1n) is 6.29. The van der Waals surface area contributed by atoms with Crippen LogP contribution in [-0.2, 0) is 0 Å². The van der Waals surface area contributed by atoms with Crippen molar-refractivity contribution in [1.82, 2.24) is 4.90 Å². The quantitative estimate of drug-likeness (QED) is 0.786. The number of benzene rings is 1. The number of hydrogen-bond acceptors (Lipinski definition) is 3. The fourth-order valence-corrected chi connectivity index (χ4v) is 1.97. The lowest BCUT2D eigenvalue weighted by molar-refractivity contribution is 0.0712. The van der Waals surface area contributed by atoms with Crippen LogP contribution in [0.5, 0.6) is 0 Å². The van der Waals surface area contributed by atoms with Crippen LogP contribution in [0, 0.1) is 5.41 Å². The molecule has 0 aliphatic rings. The van der Waals surface area contributed by atoms with Gasteiger partial charge in [-0.05, 0) is 14.0 Å². The summed E-state index contributed by atoms with van der Waals surface area (Å²) in [6.45, 7) is 6.57. The SMILES string of the molecule is CC(CO)N(C)CC(C)(C)C(=O)c1ccccc1. The molecule has 0 radical (unpaired) electrons. The summed E-state index contributed by atoms with van der Waals surface area (Å²) in [7, 11) is 1.93. The van der Waals surface area contributed by atoms with E-state index in [2.05, 4.69) is 0 Å². The first-order chi connectivity index (χ1) is 8.38. The molecule has 18 heavy (non-hydrogen) atoms. The van der Waals surface area contributed by atoms with E-state index in [0.29, 0.717) is 6.54 Å². The third kappa shape index (κ3) is 3.65. The number of aliphatic hydroxyl groups excluding tert-OH is 1. The number of rotatable bonds is 6. The van der Waals surface area contributed by atoms with Gasteiger partial charge in [-0.1, -0.05) is 44.2 Å². The van der Waals surface area contributed by atoms with Gasteiger partial charge < -0.3 is 10.0 Å². The summed E-state index contributed by atoms with van der Waals surface area (Å²) in [4.78, 5) is 14.4. The molecule has 1 rings (SSSR count). The molecule has 0 aliphatic heterocycles. The maximum atomic E-state index is 12.4. The Morgan fingerprint density at radius 1 is 1.33 bits per heavy atom. The van der Waals surface area contributed by atoms with E-state index in [1.165, 1.54) is 0 Å². The summed E-state index contributed by atoms with van der Waals surface area (Å²) in [6.07, 6.45) is 0. The van der Waals surface area contributed by atoms with Crippen LogP contribution in [-0.4, -0.2) is 42.0 Å². The topological polar surface area (TPSA) is 40.5 Å². The van der Waals surface area contributed by atoms with Gasteiger partial charge in [-0.15, -0.1) is 0 Å². The van der Waals surface area contributed by atoms with Gasteiger partial charge in [-0.2, -0.15) is 0 Å². The van der Waals surface area contributed by atoms with Crippen LogP contribution in [0.1, 0.15) is 31.1 Å². The number of likely N-dealkylation sites (N-methyl/N-ethyl adjacent to an activating group) is 1. The molecule has 3 heteroatoms. The average molecular weight is 249 g/mol. The second-order valence-electron chi connectivity index (χ2n) is 5.53. The molecule has 3 nitrogen and oxygen atoms in total. The second-order valence-corrected chi connectivity index (χ2v) is 5.53. The van der Waals surface area contributed by atoms with E-state index in [-0.39, 0.29) is 18.4 Å². The van der Waals surface area contributed by atoms with Crippen molar-refractivity contribution in [2.75, 3.05) is 20.2 Å². The molecule has 0 heterocycles. The largest absolute Gasteiger partial charge is 0.395 e. The molecule has 0 amide bonds. The summed E-state index contributed by atoms with van der Waals surface area (Å²) in [5.74, 6) is 0.139. The fourth-order valence-electron chi connectivity index (χ4n) is 1.97. The molecule has 1 unspecified atom stereocenters. The zero-order valence-corrected chi connectivity index (χ0v) is 11.7. The molecule has 1 aromatic carbocycles. The third-order valence-corrected chi connectivity index (χ3v) is 3.31. The number of hydrogen-bond donors (Lipinski definition) is 1. The molecule has 0 bridgehead atoms. The van der Waals surface area contributed by atoms with Crippen molar-refractivity contribution in [3.05, 3.63) is 35.9 Å². The predicted molar refractivity (Wildman–Crippen MR) is 73.7 cm³/mol. The molecule has 1 N–H and O–H groups in total. The smallest absolute Gasteiger partial charge is 0.169 e. The van der Waals surface area contributed by atoms with Gasteiger partial charge in [0.15, 0.2) is 5.78 Å². The van der Waals surface area contributed by atoms with E-state index in [4.69, 9.17) is 5.11 Å². The highest BCUT2D eigenvalue weighted by Crippen LogP contribution is 2.23. The number of nitrogens with zero attached hydrogens (tertiary/aromatic N) is 1. The van der Waals surface area contributed by atoms with Gasteiger partial charge in [0.2, 0.25) is 0 Å². The lowest BCUT2D eigenvalue weighted by atomic mass is 9.83. The first-order valence-corrected chi connectivity index (χ1v) is 6.29. The number of ketones is 1. The summed E-state index contributed by atoms with van der Waals surface area (Å²) < 4.78 is 0. The zero-order valence-electron chi connectivity index (χ0n) is 11.7. The molecule has 100 valence electrons. The van der Waals surface area contributed by atoms with E-state index in [9.17, 15) is 4.79 Å². The predicted octanol–water partition coefficient (Wildman–Crippen LogP) is 2.21. The molecule has 0 fully saturated rings. The van der Waals surface area contributed by atoms with Gasteiger partial charge in [0.05, 0.1) is 6.61 Å². The van der Waals surface area contributed by atoms with Gasteiger partial charge in [0.1, 0.15) is 0 Å². The molecular weight excluding hydrogens is 226 g/mol. The molecule has 0 aromatic heterocycles. The summed E-state index contributed by atoms with van der Waals surface area (Å²) in [5.41, 5.74) is 0.284. The van der Waals surface area contributed by atoms with Gasteiger partial charge in [-0.3, -0.25) is 4.79 Å². The van der Waals surface area contributed by atoms with Crippen molar-refractivity contribution in [1.29, 1.82) is 0 Å². The Labute approximate surface area is 109 Å². The minimum atomic E-state index is -0.459. The van der Waals surface area contributed by atoms with Crippen molar-refractivity contribution < 1.29 is 9.90 Å². The Kier molecular flexibility index (Phi) is 5.05. The van der Waals surface area contributed by atoms with Crippen molar-refractivity contribution in [2.24, 2.45) is 5.41 Å². The Balaban J connectivity index is 2.77. The molecule has 1 atom stereocenters. The fraction of sp³-hybridized carbons (Fsp3) is 0.533. The minimum Gasteiger partial charge on any atom is -0.395 e. The molecule has 0 saturated carbocycles. The van der Waals surface area contributed by atoms with Crippen LogP contribution in [0.15, 0.2) is 30.3 Å². The van der Waals surface area contributed by atoms with E-state index in [0.717, 1.165) is 5.56 Å². The average Bonchev–Trinajstić information content (AvgIpc) is 2.37. The van der Waals surface area contributed by atoms with Crippen molar-refractivity contribution in [2.45, 2.75) is 26.8 Å². The van der Waals surface area contributed by atoms with Gasteiger partial charge >= 0.3 is 0 Å². The lowest BCUT2D eigenvalue weighted by Crippen LogP contribution is -2.42. The molecule has 0 saturated heterocycles. The Hall–Kier alpha value is -1.19. The lowest BCUT2D eigenvalue weighted by Gasteiger charge is -2.32. The number of carbonyl (C=O) groups excluding carboxylic acids is 1. The van der Waals surface area contributed by atoms with E-state index in [1.54, 1.807) is 0 Å². The monoisotopic (exact) mass is 249 g/mol. The molecule has 0 aliphatic carbocycles. The standard InChI is InChI=1S/C15H23NO2/c1-12(10-17)16(4)11-15(2,3)14(18)13-8-6-5-7-9-13/h5-9,12,17H,10-11H2,1-4H3. The summed E-state index contributed by atoms with van der Waals surface area (Å²) >= 11 is 0. The van der Waals surface area contributed by atoms with Crippen LogP contribution in [0.2, 0.25) is 0 Å². The number of aliphatic hydroxyl groups is 1. The van der Waals surface area contributed by atoms with E-state index < -0.39 is 5.41 Å². The Morgan fingerprint density at radius 2 is 1.89 bits per heavy atom.